The average molecular weight is 643 g/mol. The molecule has 220 valence electrons. The van der Waals surface area contributed by atoms with Crippen LogP contribution in [0, 0.1) is 13.8 Å². The van der Waals surface area contributed by atoms with Crippen molar-refractivity contribution in [2.75, 3.05) is 23.7 Å². The predicted octanol–water partition coefficient (Wildman–Crippen LogP) is 5.78. The smallest absolute Gasteiger partial charge is 0.243 e. The normalized spacial score (nSPS) is 12.0. The van der Waals surface area contributed by atoms with Gasteiger partial charge in [-0.3, -0.25) is 13.9 Å². The lowest BCUT2D eigenvalue weighted by atomic mass is 10.0. The molecule has 0 radical (unpaired) electrons. The van der Waals surface area contributed by atoms with Crippen LogP contribution in [0.2, 0.25) is 0 Å². The van der Waals surface area contributed by atoms with Crippen LogP contribution < -0.4 is 9.62 Å². The van der Waals surface area contributed by atoms with E-state index in [4.69, 9.17) is 0 Å². The maximum Gasteiger partial charge on any atom is 0.243 e. The van der Waals surface area contributed by atoms with Gasteiger partial charge in [-0.1, -0.05) is 77.5 Å². The molecule has 2 amide bonds. The maximum atomic E-state index is 13.9. The lowest BCUT2D eigenvalue weighted by molar-refractivity contribution is -0.141. The number of nitrogens with zero attached hydrogens (tertiary/aromatic N) is 2. The molecule has 0 saturated heterocycles. The zero-order chi connectivity index (χ0) is 30.0. The highest BCUT2D eigenvalue weighted by Crippen LogP contribution is 2.26. The summed E-state index contributed by atoms with van der Waals surface area (Å²) >= 11 is 3.51. The summed E-state index contributed by atoms with van der Waals surface area (Å²) in [7, 11) is -3.57. The van der Waals surface area contributed by atoms with Crippen molar-refractivity contribution in [2.45, 2.75) is 59.0 Å². The van der Waals surface area contributed by atoms with E-state index >= 15 is 0 Å². The van der Waals surface area contributed by atoms with E-state index < -0.39 is 16.1 Å². The Labute approximate surface area is 253 Å². The molecular formula is C32H40BrN3O4S. The van der Waals surface area contributed by atoms with Gasteiger partial charge in [-0.15, -0.1) is 0 Å². The molecular weight excluding hydrogens is 602 g/mol. The molecule has 1 atom stereocenters. The average Bonchev–Trinajstić information content (AvgIpc) is 2.93. The van der Waals surface area contributed by atoms with Crippen molar-refractivity contribution in [2.24, 2.45) is 0 Å². The van der Waals surface area contributed by atoms with Gasteiger partial charge in [0.15, 0.2) is 0 Å². The topological polar surface area (TPSA) is 86.8 Å². The molecule has 3 rings (SSSR count). The third kappa shape index (κ3) is 9.43. The van der Waals surface area contributed by atoms with Crippen LogP contribution in [0.5, 0.6) is 0 Å². The van der Waals surface area contributed by atoms with Gasteiger partial charge < -0.3 is 10.2 Å². The largest absolute Gasteiger partial charge is 0.354 e. The molecule has 1 unspecified atom stereocenters. The Morgan fingerprint density at radius 1 is 0.951 bits per heavy atom. The second-order valence-electron chi connectivity index (χ2n) is 10.3. The zero-order valence-corrected chi connectivity index (χ0v) is 26.7. The van der Waals surface area contributed by atoms with E-state index in [9.17, 15) is 18.0 Å². The molecule has 0 spiro atoms. The first-order valence-electron chi connectivity index (χ1n) is 13.9. The van der Waals surface area contributed by atoms with Gasteiger partial charge in [0.25, 0.3) is 0 Å². The molecule has 0 bridgehead atoms. The zero-order valence-electron chi connectivity index (χ0n) is 24.3. The molecule has 0 aromatic heterocycles. The standard InChI is InChI=1S/C32H40BrN3O4S/c1-5-19-34-32(38)30(22-26-13-7-6-8-14-26)35(23-27-15-10-16-28(33)21-27)31(37)18-11-20-36(41(4,39)40)29-17-9-12-24(2)25(29)3/h6-10,12-17,21,30H,5,11,18-20,22-23H2,1-4H3,(H,34,38). The van der Waals surface area contributed by atoms with Gasteiger partial charge in [0.05, 0.1) is 11.9 Å². The quantitative estimate of drug-likeness (QED) is 0.242. The third-order valence-electron chi connectivity index (χ3n) is 7.06. The van der Waals surface area contributed by atoms with Crippen LogP contribution in [0.15, 0.2) is 77.3 Å². The van der Waals surface area contributed by atoms with Crippen LogP contribution >= 0.6 is 15.9 Å². The number of hydrogen-bond donors (Lipinski definition) is 1. The van der Waals surface area contributed by atoms with Gasteiger partial charge in [-0.2, -0.15) is 0 Å². The minimum absolute atomic E-state index is 0.0945. The SMILES string of the molecule is CCCNC(=O)C(Cc1ccccc1)N(Cc1cccc(Br)c1)C(=O)CCCN(c1cccc(C)c1C)S(C)(=O)=O. The molecule has 9 heteroatoms. The summed E-state index contributed by atoms with van der Waals surface area (Å²) in [5, 5.41) is 2.98. The lowest BCUT2D eigenvalue weighted by Gasteiger charge is -2.32. The number of anilines is 1. The van der Waals surface area contributed by atoms with Gasteiger partial charge in [0.1, 0.15) is 6.04 Å². The minimum atomic E-state index is -3.57. The van der Waals surface area contributed by atoms with Crippen LogP contribution in [-0.4, -0.2) is 50.5 Å². The molecule has 3 aromatic carbocycles. The van der Waals surface area contributed by atoms with E-state index in [1.165, 1.54) is 10.6 Å². The van der Waals surface area contributed by atoms with Crippen molar-refractivity contribution in [3.63, 3.8) is 0 Å². The summed E-state index contributed by atoms with van der Waals surface area (Å²) in [6.45, 7) is 6.76. The molecule has 41 heavy (non-hydrogen) atoms. The second kappa shape index (κ2) is 15.2. The summed E-state index contributed by atoms with van der Waals surface area (Å²) in [4.78, 5) is 29.0. The molecule has 0 aliphatic rings. The van der Waals surface area contributed by atoms with Crippen LogP contribution in [0.1, 0.15) is 48.4 Å². The van der Waals surface area contributed by atoms with E-state index in [-0.39, 0.29) is 31.3 Å². The summed E-state index contributed by atoms with van der Waals surface area (Å²) < 4.78 is 27.8. The molecule has 3 aromatic rings. The van der Waals surface area contributed by atoms with E-state index in [0.717, 1.165) is 33.1 Å². The number of carbonyl (C=O) groups is 2. The summed E-state index contributed by atoms with van der Waals surface area (Å²) in [5.41, 5.74) is 4.34. The first-order valence-corrected chi connectivity index (χ1v) is 16.5. The van der Waals surface area contributed by atoms with Gasteiger partial charge in [0.2, 0.25) is 21.8 Å². The number of benzene rings is 3. The van der Waals surface area contributed by atoms with Gasteiger partial charge in [-0.25, -0.2) is 8.42 Å². The fraction of sp³-hybridized carbons (Fsp3) is 0.375. The van der Waals surface area contributed by atoms with Crippen molar-refractivity contribution < 1.29 is 18.0 Å². The number of halogens is 1. The lowest BCUT2D eigenvalue weighted by Crippen LogP contribution is -2.50. The third-order valence-corrected chi connectivity index (χ3v) is 8.73. The monoisotopic (exact) mass is 641 g/mol. The van der Waals surface area contributed by atoms with Crippen LogP contribution in [0.4, 0.5) is 5.69 Å². The van der Waals surface area contributed by atoms with Crippen molar-refractivity contribution >= 4 is 43.5 Å². The predicted molar refractivity (Wildman–Crippen MR) is 169 cm³/mol. The van der Waals surface area contributed by atoms with Gasteiger partial charge in [0, 0.05) is 36.9 Å². The fourth-order valence-corrected chi connectivity index (χ4v) is 6.20. The molecule has 0 fully saturated rings. The molecule has 1 N–H and O–H groups in total. The Bertz CT molecular complexity index is 1430. The Morgan fingerprint density at radius 2 is 1.63 bits per heavy atom. The Kier molecular flexibility index (Phi) is 12.0. The number of hydrogen-bond acceptors (Lipinski definition) is 4. The first kappa shape index (κ1) is 32.3. The number of aryl methyl sites for hydroxylation is 1. The second-order valence-corrected chi connectivity index (χ2v) is 13.1. The van der Waals surface area contributed by atoms with Crippen LogP contribution in [0.25, 0.3) is 0 Å². The number of rotatable bonds is 14. The molecule has 7 nitrogen and oxygen atoms in total. The highest BCUT2D eigenvalue weighted by Gasteiger charge is 2.30. The number of amides is 2. The van der Waals surface area contributed by atoms with E-state index in [0.29, 0.717) is 25.1 Å². The van der Waals surface area contributed by atoms with E-state index in [1.54, 1.807) is 11.0 Å². The Balaban J connectivity index is 1.89. The first-order chi connectivity index (χ1) is 19.5. The van der Waals surface area contributed by atoms with Crippen molar-refractivity contribution in [3.8, 4) is 0 Å². The number of carbonyl (C=O) groups excluding carboxylic acids is 2. The number of sulfonamides is 1. The molecule has 0 saturated carbocycles. The van der Waals surface area contributed by atoms with E-state index in [1.807, 2.05) is 87.5 Å². The minimum Gasteiger partial charge on any atom is -0.354 e. The van der Waals surface area contributed by atoms with Crippen molar-refractivity contribution in [1.29, 1.82) is 0 Å². The van der Waals surface area contributed by atoms with Gasteiger partial charge in [-0.05, 0) is 67.1 Å². The van der Waals surface area contributed by atoms with Crippen molar-refractivity contribution in [3.05, 3.63) is 99.5 Å². The summed E-state index contributed by atoms with van der Waals surface area (Å²) in [6, 6.07) is 22.2. The van der Waals surface area contributed by atoms with Crippen LogP contribution in [0.3, 0.4) is 0 Å². The maximum absolute atomic E-state index is 13.9. The molecule has 0 aliphatic heterocycles. The van der Waals surface area contributed by atoms with E-state index in [2.05, 4.69) is 21.2 Å². The Hall–Kier alpha value is -3.17. The molecule has 0 heterocycles. The summed E-state index contributed by atoms with van der Waals surface area (Å²) in [5.74, 6) is -0.404. The van der Waals surface area contributed by atoms with Crippen LogP contribution in [-0.2, 0) is 32.6 Å². The summed E-state index contributed by atoms with van der Waals surface area (Å²) in [6.07, 6.45) is 2.74. The highest BCUT2D eigenvalue weighted by atomic mass is 79.9. The van der Waals surface area contributed by atoms with Gasteiger partial charge >= 0.3 is 0 Å². The highest BCUT2D eigenvalue weighted by molar-refractivity contribution is 9.10. The Morgan fingerprint density at radius 3 is 2.29 bits per heavy atom. The fourth-order valence-electron chi connectivity index (χ4n) is 4.74. The molecule has 0 aliphatic carbocycles. The van der Waals surface area contributed by atoms with Crippen molar-refractivity contribution in [1.82, 2.24) is 10.2 Å². The number of nitrogens with one attached hydrogen (secondary N) is 1.